The van der Waals surface area contributed by atoms with Gasteiger partial charge in [-0.05, 0) is 12.1 Å². The van der Waals surface area contributed by atoms with Gasteiger partial charge in [0.2, 0.25) is 0 Å². The van der Waals surface area contributed by atoms with Crippen LogP contribution in [-0.2, 0) is 4.43 Å². The first-order valence-corrected chi connectivity index (χ1v) is 4.83. The van der Waals surface area contributed by atoms with Crippen molar-refractivity contribution in [3.8, 4) is 0 Å². The highest BCUT2D eigenvalue weighted by Crippen LogP contribution is 1.81. The van der Waals surface area contributed by atoms with Crippen molar-refractivity contribution in [3.63, 3.8) is 0 Å². The second-order valence-corrected chi connectivity index (χ2v) is 3.64. The van der Waals surface area contributed by atoms with E-state index in [4.69, 9.17) is 4.43 Å². The van der Waals surface area contributed by atoms with Gasteiger partial charge in [-0.15, -0.1) is 0 Å². The molecular weight excluding hydrogens is 140 g/mol. The Morgan fingerprint density at radius 3 is 2.60 bits per heavy atom. The normalized spacial score (nSPS) is 10.9. The van der Waals surface area contributed by atoms with Crippen molar-refractivity contribution in [2.45, 2.75) is 6.92 Å². The Labute approximate surface area is 64.0 Å². The third kappa shape index (κ3) is 2.33. The van der Waals surface area contributed by atoms with Crippen LogP contribution in [0.2, 0.25) is 0 Å². The van der Waals surface area contributed by atoms with Gasteiger partial charge < -0.3 is 4.43 Å². The zero-order valence-electron chi connectivity index (χ0n) is 6.21. The van der Waals surface area contributed by atoms with Crippen LogP contribution < -0.4 is 5.19 Å². The Morgan fingerprint density at radius 2 is 2.00 bits per heavy atom. The number of hydrogen-bond donors (Lipinski definition) is 0. The van der Waals surface area contributed by atoms with Gasteiger partial charge in [-0.1, -0.05) is 30.3 Å². The highest BCUT2D eigenvalue weighted by atomic mass is 28.2. The lowest BCUT2D eigenvalue weighted by Crippen LogP contribution is -2.16. The van der Waals surface area contributed by atoms with E-state index in [1.165, 1.54) is 5.19 Å². The third-order valence-electron chi connectivity index (χ3n) is 1.32. The van der Waals surface area contributed by atoms with E-state index in [1.54, 1.807) is 0 Å². The van der Waals surface area contributed by atoms with E-state index in [9.17, 15) is 0 Å². The lowest BCUT2D eigenvalue weighted by atomic mass is 10.4. The molecule has 0 amide bonds. The van der Waals surface area contributed by atoms with Crippen molar-refractivity contribution in [3.05, 3.63) is 30.3 Å². The van der Waals surface area contributed by atoms with Crippen molar-refractivity contribution < 1.29 is 4.43 Å². The number of benzene rings is 1. The maximum atomic E-state index is 5.36. The summed E-state index contributed by atoms with van der Waals surface area (Å²) in [5.41, 5.74) is 0. The van der Waals surface area contributed by atoms with Gasteiger partial charge in [-0.25, -0.2) is 0 Å². The molecule has 0 spiro atoms. The minimum absolute atomic E-state index is 0.411. The molecule has 0 aliphatic rings. The topological polar surface area (TPSA) is 9.23 Å². The van der Waals surface area contributed by atoms with E-state index in [0.29, 0.717) is 0 Å². The molecule has 0 unspecified atom stereocenters. The molecule has 1 nitrogen and oxygen atoms in total. The average Bonchev–Trinajstić information content (AvgIpc) is 2.03. The zero-order chi connectivity index (χ0) is 7.23. The van der Waals surface area contributed by atoms with E-state index >= 15 is 0 Å². The van der Waals surface area contributed by atoms with Crippen LogP contribution in [0.15, 0.2) is 30.3 Å². The summed E-state index contributed by atoms with van der Waals surface area (Å²) in [5, 5.41) is 1.38. The summed E-state index contributed by atoms with van der Waals surface area (Å²) in [6.07, 6.45) is 0. The van der Waals surface area contributed by atoms with Gasteiger partial charge in [0.25, 0.3) is 0 Å². The Morgan fingerprint density at radius 1 is 1.30 bits per heavy atom. The molecule has 0 aromatic heterocycles. The Bertz CT molecular complexity index is 174. The second kappa shape index (κ2) is 4.25. The van der Waals surface area contributed by atoms with Crippen LogP contribution in [0.1, 0.15) is 6.92 Å². The number of rotatable bonds is 3. The van der Waals surface area contributed by atoms with E-state index in [-0.39, 0.29) is 0 Å². The average molecular weight is 152 g/mol. The maximum Gasteiger partial charge on any atom is 0.192 e. The molecule has 0 saturated carbocycles. The van der Waals surface area contributed by atoms with Crippen molar-refractivity contribution in [1.29, 1.82) is 0 Å². The molecule has 0 saturated heterocycles. The van der Waals surface area contributed by atoms with Gasteiger partial charge in [0.05, 0.1) is 0 Å². The fourth-order valence-electron chi connectivity index (χ4n) is 0.794. The zero-order valence-corrected chi connectivity index (χ0v) is 7.62. The molecule has 1 aromatic carbocycles. The summed E-state index contributed by atoms with van der Waals surface area (Å²) in [4.78, 5) is 0. The highest BCUT2D eigenvalue weighted by Gasteiger charge is 1.88. The lowest BCUT2D eigenvalue weighted by Gasteiger charge is -1.98. The molecular formula is C8H12OSi. The van der Waals surface area contributed by atoms with Crippen LogP contribution in [0.25, 0.3) is 0 Å². The molecule has 1 aromatic rings. The lowest BCUT2D eigenvalue weighted by molar-refractivity contribution is 0.367. The van der Waals surface area contributed by atoms with Crippen molar-refractivity contribution in [1.82, 2.24) is 0 Å². The summed E-state index contributed by atoms with van der Waals surface area (Å²) < 4.78 is 5.36. The fraction of sp³-hybridized carbons (Fsp3) is 0.250. The first kappa shape index (κ1) is 7.50. The van der Waals surface area contributed by atoms with Crippen molar-refractivity contribution in [2.75, 3.05) is 6.61 Å². The monoisotopic (exact) mass is 152 g/mol. The summed E-state index contributed by atoms with van der Waals surface area (Å²) in [7, 11) is -0.411. The Balaban J connectivity index is 2.43. The van der Waals surface area contributed by atoms with Crippen LogP contribution in [0.5, 0.6) is 0 Å². The van der Waals surface area contributed by atoms with Crippen molar-refractivity contribution >= 4 is 14.9 Å². The molecule has 2 heteroatoms. The predicted octanol–water partition coefficient (Wildman–Crippen LogP) is 0.432. The maximum absolute atomic E-state index is 5.36. The highest BCUT2D eigenvalue weighted by molar-refractivity contribution is 6.46. The first-order chi connectivity index (χ1) is 4.93. The van der Waals surface area contributed by atoms with Crippen LogP contribution in [0.4, 0.5) is 0 Å². The Kier molecular flexibility index (Phi) is 3.19. The summed E-state index contributed by atoms with van der Waals surface area (Å²) in [6, 6.07) is 10.4. The van der Waals surface area contributed by atoms with E-state index in [0.717, 1.165) is 6.61 Å². The molecule has 54 valence electrons. The Hall–Kier alpha value is -0.603. The standard InChI is InChI=1S/C8H12OSi/c1-2-9-10-8-6-4-3-5-7-8/h3-7H,2,10H2,1H3. The molecule has 0 radical (unpaired) electrons. The van der Waals surface area contributed by atoms with Gasteiger partial charge in [-0.2, -0.15) is 0 Å². The molecule has 0 aliphatic carbocycles. The molecule has 1 rings (SSSR count). The van der Waals surface area contributed by atoms with Crippen LogP contribution in [-0.4, -0.2) is 16.4 Å². The van der Waals surface area contributed by atoms with Gasteiger partial charge in [-0.3, -0.25) is 0 Å². The van der Waals surface area contributed by atoms with Gasteiger partial charge in [0.1, 0.15) is 0 Å². The third-order valence-corrected chi connectivity index (χ3v) is 2.73. The van der Waals surface area contributed by atoms with Gasteiger partial charge in [0.15, 0.2) is 9.76 Å². The summed E-state index contributed by atoms with van der Waals surface area (Å²) in [5.74, 6) is 0. The van der Waals surface area contributed by atoms with Crippen molar-refractivity contribution in [2.24, 2.45) is 0 Å². The minimum atomic E-state index is -0.411. The molecule has 0 fully saturated rings. The van der Waals surface area contributed by atoms with E-state index in [2.05, 4.69) is 24.3 Å². The van der Waals surface area contributed by atoms with Crippen LogP contribution in [0, 0.1) is 0 Å². The predicted molar refractivity (Wildman–Crippen MR) is 46.2 cm³/mol. The molecule has 0 N–H and O–H groups in total. The SMILES string of the molecule is CCO[SiH2]c1ccccc1. The van der Waals surface area contributed by atoms with Crippen LogP contribution in [0.3, 0.4) is 0 Å². The fourth-order valence-corrected chi connectivity index (χ4v) is 1.70. The van der Waals surface area contributed by atoms with Crippen LogP contribution >= 0.6 is 0 Å². The van der Waals surface area contributed by atoms with E-state index < -0.39 is 9.76 Å². The molecule has 0 heterocycles. The first-order valence-electron chi connectivity index (χ1n) is 3.55. The molecule has 0 atom stereocenters. The smallest absolute Gasteiger partial charge is 0.192 e. The largest absolute Gasteiger partial charge is 0.419 e. The summed E-state index contributed by atoms with van der Waals surface area (Å²) >= 11 is 0. The molecule has 0 bridgehead atoms. The quantitative estimate of drug-likeness (QED) is 0.571. The summed E-state index contributed by atoms with van der Waals surface area (Å²) in [6.45, 7) is 2.89. The minimum Gasteiger partial charge on any atom is -0.419 e. The van der Waals surface area contributed by atoms with Gasteiger partial charge >= 0.3 is 0 Å². The molecule has 0 aliphatic heterocycles. The van der Waals surface area contributed by atoms with E-state index in [1.807, 2.05) is 13.0 Å². The second-order valence-electron chi connectivity index (χ2n) is 2.12. The van der Waals surface area contributed by atoms with Gasteiger partial charge in [0, 0.05) is 6.61 Å². The molecule has 10 heavy (non-hydrogen) atoms. The number of hydrogen-bond acceptors (Lipinski definition) is 1.